The molecule has 0 N–H and O–H groups in total. The third-order valence-corrected chi connectivity index (χ3v) is 13.5. The molecule has 0 aliphatic carbocycles. The van der Waals surface area contributed by atoms with Gasteiger partial charge in [0.1, 0.15) is 13.2 Å². The van der Waals surface area contributed by atoms with Gasteiger partial charge in [-0.05, 0) is 83.5 Å². The quantitative estimate of drug-likeness (QED) is 0.0261. The monoisotopic (exact) mass is 993 g/mol. The molecule has 0 aliphatic rings. The van der Waals surface area contributed by atoms with E-state index in [1.54, 1.807) is 0 Å². The number of carbonyl (C=O) groups is 3. The van der Waals surface area contributed by atoms with E-state index in [0.717, 1.165) is 103 Å². The zero-order valence-electron chi connectivity index (χ0n) is 47.2. The minimum absolute atomic E-state index is 0.0796. The highest BCUT2D eigenvalue weighted by Crippen LogP contribution is 2.17. The number of allylic oxidation sites excluding steroid dienone is 10. The van der Waals surface area contributed by atoms with Gasteiger partial charge >= 0.3 is 17.9 Å². The van der Waals surface area contributed by atoms with Gasteiger partial charge in [0.25, 0.3) is 0 Å². The molecule has 0 radical (unpaired) electrons. The van der Waals surface area contributed by atoms with E-state index >= 15 is 0 Å². The Labute approximate surface area is 440 Å². The Morgan fingerprint density at radius 1 is 0.296 bits per heavy atom. The number of esters is 3. The Kier molecular flexibility index (Phi) is 57.2. The van der Waals surface area contributed by atoms with Gasteiger partial charge in [-0.2, -0.15) is 0 Å². The van der Waals surface area contributed by atoms with E-state index in [9.17, 15) is 14.4 Å². The zero-order chi connectivity index (χ0) is 51.4. The fourth-order valence-electron chi connectivity index (χ4n) is 8.90. The van der Waals surface area contributed by atoms with Crippen LogP contribution in [-0.4, -0.2) is 37.2 Å². The lowest BCUT2D eigenvalue weighted by Crippen LogP contribution is -2.30. The predicted octanol–water partition coefficient (Wildman–Crippen LogP) is 20.8. The van der Waals surface area contributed by atoms with Crippen molar-refractivity contribution in [2.75, 3.05) is 13.2 Å². The van der Waals surface area contributed by atoms with Crippen molar-refractivity contribution in [2.45, 2.75) is 322 Å². The summed E-state index contributed by atoms with van der Waals surface area (Å²) in [6, 6.07) is 0. The summed E-state index contributed by atoms with van der Waals surface area (Å²) in [5, 5.41) is 0. The molecule has 0 spiro atoms. The third-order valence-electron chi connectivity index (χ3n) is 13.5. The highest BCUT2D eigenvalue weighted by Gasteiger charge is 2.19. The SMILES string of the molecule is CC/C=C\C/C=C\C/C=C\CCCCCCCC(=O)O[C@H](COC(=O)CCCCCCCCCCC/C=C\C/C=C\CCCCC)COC(=O)CCCCCCCCCCCCCCCCCCCCC. The van der Waals surface area contributed by atoms with E-state index in [4.69, 9.17) is 14.2 Å². The van der Waals surface area contributed by atoms with Crippen molar-refractivity contribution in [2.24, 2.45) is 0 Å². The minimum atomic E-state index is -0.784. The largest absolute Gasteiger partial charge is 0.462 e. The van der Waals surface area contributed by atoms with Crippen LogP contribution in [0.5, 0.6) is 0 Å². The first kappa shape index (κ1) is 68.1. The van der Waals surface area contributed by atoms with Gasteiger partial charge in [-0.1, -0.05) is 274 Å². The molecule has 0 rings (SSSR count). The summed E-state index contributed by atoms with van der Waals surface area (Å²) in [5.74, 6) is -0.885. The van der Waals surface area contributed by atoms with Crippen LogP contribution in [-0.2, 0) is 28.6 Å². The van der Waals surface area contributed by atoms with Crippen LogP contribution in [0.2, 0.25) is 0 Å². The molecule has 1 atom stereocenters. The third kappa shape index (κ3) is 57.9. The average Bonchev–Trinajstić information content (AvgIpc) is 3.37. The lowest BCUT2D eigenvalue weighted by molar-refractivity contribution is -0.167. The Hall–Kier alpha value is -2.89. The molecule has 0 heterocycles. The van der Waals surface area contributed by atoms with Crippen LogP contribution in [0.3, 0.4) is 0 Å². The number of rotatable bonds is 56. The van der Waals surface area contributed by atoms with Crippen molar-refractivity contribution >= 4 is 17.9 Å². The molecular formula is C65H116O6. The normalized spacial score (nSPS) is 12.4. The van der Waals surface area contributed by atoms with Gasteiger partial charge in [0.2, 0.25) is 0 Å². The molecule has 0 saturated carbocycles. The summed E-state index contributed by atoms with van der Waals surface area (Å²) in [5.41, 5.74) is 0. The average molecular weight is 994 g/mol. The van der Waals surface area contributed by atoms with Crippen LogP contribution in [0.1, 0.15) is 316 Å². The second kappa shape index (κ2) is 59.7. The number of unbranched alkanes of at least 4 members (excludes halogenated alkanes) is 35. The molecule has 0 aromatic carbocycles. The van der Waals surface area contributed by atoms with Gasteiger partial charge in [-0.25, -0.2) is 0 Å². The summed E-state index contributed by atoms with van der Waals surface area (Å²) in [7, 11) is 0. The molecule has 0 bridgehead atoms. The molecule has 0 aromatic rings. The lowest BCUT2D eigenvalue weighted by atomic mass is 10.0. The van der Waals surface area contributed by atoms with Gasteiger partial charge in [0, 0.05) is 19.3 Å². The molecule has 0 unspecified atom stereocenters. The van der Waals surface area contributed by atoms with E-state index in [1.807, 2.05) is 0 Å². The second-order valence-corrected chi connectivity index (χ2v) is 20.6. The summed E-state index contributed by atoms with van der Waals surface area (Å²) < 4.78 is 16.9. The van der Waals surface area contributed by atoms with E-state index in [2.05, 4.69) is 81.5 Å². The highest BCUT2D eigenvalue weighted by atomic mass is 16.6. The maximum Gasteiger partial charge on any atom is 0.306 e. The van der Waals surface area contributed by atoms with Gasteiger partial charge < -0.3 is 14.2 Å². The molecule has 0 aliphatic heterocycles. The van der Waals surface area contributed by atoms with Crippen molar-refractivity contribution in [1.29, 1.82) is 0 Å². The Balaban J connectivity index is 4.35. The predicted molar refractivity (Wildman–Crippen MR) is 307 cm³/mol. The minimum Gasteiger partial charge on any atom is -0.462 e. The topological polar surface area (TPSA) is 78.9 Å². The van der Waals surface area contributed by atoms with Crippen LogP contribution in [0, 0.1) is 0 Å². The number of hydrogen-bond acceptors (Lipinski definition) is 6. The van der Waals surface area contributed by atoms with Crippen LogP contribution in [0.15, 0.2) is 60.8 Å². The first-order chi connectivity index (χ1) is 35.0. The van der Waals surface area contributed by atoms with Crippen LogP contribution >= 0.6 is 0 Å². The molecule has 6 heteroatoms. The first-order valence-electron chi connectivity index (χ1n) is 30.8. The first-order valence-corrected chi connectivity index (χ1v) is 30.8. The standard InChI is InChI=1S/C65H116O6/c1-4-7-10-13-16-19-22-25-28-30-32-34-37-39-42-45-48-51-54-57-63(66)69-60-62(71-65(68)59-56-53-50-47-44-41-36-27-24-21-18-15-12-9-6-3)61-70-64(67)58-55-52-49-46-43-40-38-35-33-31-29-26-23-20-17-14-11-8-5-2/h9,12,16,18-19,21,25,27-28,36,62H,4-8,10-11,13-15,17,20,22-24,26,29-35,37-61H2,1-3H3/b12-9-,19-16-,21-18-,28-25-,36-27-/t62-/m1/s1. The molecule has 0 aromatic heterocycles. The summed E-state index contributed by atoms with van der Waals surface area (Å²) >= 11 is 0. The smallest absolute Gasteiger partial charge is 0.306 e. The van der Waals surface area contributed by atoms with Gasteiger partial charge in [0.05, 0.1) is 0 Å². The Morgan fingerprint density at radius 2 is 0.549 bits per heavy atom. The van der Waals surface area contributed by atoms with E-state index in [-0.39, 0.29) is 31.1 Å². The molecule has 0 fully saturated rings. The zero-order valence-corrected chi connectivity index (χ0v) is 47.2. The van der Waals surface area contributed by atoms with Gasteiger partial charge in [-0.15, -0.1) is 0 Å². The van der Waals surface area contributed by atoms with Crippen molar-refractivity contribution in [3.63, 3.8) is 0 Å². The molecule has 0 amide bonds. The maximum absolute atomic E-state index is 12.9. The fraction of sp³-hybridized carbons (Fsp3) is 0.800. The molecule has 412 valence electrons. The van der Waals surface area contributed by atoms with E-state index in [0.29, 0.717) is 19.3 Å². The van der Waals surface area contributed by atoms with Crippen LogP contribution < -0.4 is 0 Å². The second-order valence-electron chi connectivity index (χ2n) is 20.6. The number of hydrogen-bond donors (Lipinski definition) is 0. The molecule has 71 heavy (non-hydrogen) atoms. The van der Waals surface area contributed by atoms with E-state index < -0.39 is 6.10 Å². The molecular weight excluding hydrogens is 877 g/mol. The maximum atomic E-state index is 12.9. The number of carbonyl (C=O) groups excluding carboxylic acids is 3. The van der Waals surface area contributed by atoms with Crippen LogP contribution in [0.4, 0.5) is 0 Å². The summed E-state index contributed by atoms with van der Waals surface area (Å²) in [4.78, 5) is 38.3. The number of ether oxygens (including phenoxy) is 3. The summed E-state index contributed by atoms with van der Waals surface area (Å²) in [6.07, 6.45) is 75.0. The molecule has 0 saturated heterocycles. The van der Waals surface area contributed by atoms with Crippen molar-refractivity contribution in [1.82, 2.24) is 0 Å². The van der Waals surface area contributed by atoms with Crippen molar-refractivity contribution in [3.8, 4) is 0 Å². The Morgan fingerprint density at radius 3 is 0.887 bits per heavy atom. The lowest BCUT2D eigenvalue weighted by Gasteiger charge is -2.18. The van der Waals surface area contributed by atoms with Crippen molar-refractivity contribution in [3.05, 3.63) is 60.8 Å². The van der Waals surface area contributed by atoms with Crippen molar-refractivity contribution < 1.29 is 28.6 Å². The van der Waals surface area contributed by atoms with Gasteiger partial charge in [-0.3, -0.25) is 14.4 Å². The van der Waals surface area contributed by atoms with Crippen LogP contribution in [0.25, 0.3) is 0 Å². The highest BCUT2D eigenvalue weighted by molar-refractivity contribution is 5.71. The van der Waals surface area contributed by atoms with Gasteiger partial charge in [0.15, 0.2) is 6.10 Å². The molecule has 6 nitrogen and oxygen atoms in total. The van der Waals surface area contributed by atoms with E-state index in [1.165, 1.54) is 173 Å². The fourth-order valence-corrected chi connectivity index (χ4v) is 8.90. The summed E-state index contributed by atoms with van der Waals surface area (Å²) in [6.45, 7) is 6.53. The Bertz CT molecular complexity index is 1280.